The lowest BCUT2D eigenvalue weighted by molar-refractivity contribution is -0.129. The summed E-state index contributed by atoms with van der Waals surface area (Å²) in [6.07, 6.45) is 1.79. The number of nitrogens with two attached hydrogens (primary N) is 1. The van der Waals surface area contributed by atoms with Gasteiger partial charge in [-0.1, -0.05) is 38.1 Å². The van der Waals surface area contributed by atoms with Gasteiger partial charge >= 0.3 is 0 Å². The molecule has 0 saturated heterocycles. The highest BCUT2D eigenvalue weighted by Gasteiger charge is 2.46. The van der Waals surface area contributed by atoms with E-state index in [4.69, 9.17) is 5.73 Å². The lowest BCUT2D eigenvalue weighted by Crippen LogP contribution is -2.59. The summed E-state index contributed by atoms with van der Waals surface area (Å²) in [6, 6.07) is 9.23. The lowest BCUT2D eigenvalue weighted by atomic mass is 10.0. The second-order valence-corrected chi connectivity index (χ2v) is 10.6. The van der Waals surface area contributed by atoms with Crippen LogP contribution < -0.4 is 21.3 Å². The first-order valence-corrected chi connectivity index (χ1v) is 12.4. The summed E-state index contributed by atoms with van der Waals surface area (Å²) in [5.74, 6) is -0.654. The number of carbonyl (C=O) groups excluding carboxylic acids is 2. The van der Waals surface area contributed by atoms with E-state index >= 15 is 0 Å². The van der Waals surface area contributed by atoms with Crippen LogP contribution in [0.4, 0.5) is 5.82 Å². The lowest BCUT2D eigenvalue weighted by Gasteiger charge is -2.33. The number of rotatable bonds is 8. The van der Waals surface area contributed by atoms with Crippen molar-refractivity contribution in [2.75, 3.05) is 11.9 Å². The number of aromatic nitrogens is 1. The molecular weight excluding hydrogens is 442 g/mol. The normalized spacial score (nSPS) is 18.5. The van der Waals surface area contributed by atoms with Crippen LogP contribution in [0.25, 0.3) is 0 Å². The van der Waals surface area contributed by atoms with Crippen molar-refractivity contribution >= 4 is 27.5 Å². The second kappa shape index (κ2) is 9.98. The molecule has 1 aliphatic rings. The highest BCUT2D eigenvalue weighted by atomic mass is 32.2. The van der Waals surface area contributed by atoms with Crippen molar-refractivity contribution < 1.29 is 18.0 Å². The molecule has 0 spiro atoms. The van der Waals surface area contributed by atoms with E-state index in [1.54, 1.807) is 50.5 Å². The molecule has 3 rings (SSSR count). The monoisotopic (exact) mass is 473 g/mol. The molecule has 4 N–H and O–H groups in total. The molecule has 1 aliphatic heterocycles. The van der Waals surface area contributed by atoms with Gasteiger partial charge in [-0.15, -0.1) is 0 Å². The Morgan fingerprint density at radius 3 is 2.39 bits per heavy atom. The van der Waals surface area contributed by atoms with Gasteiger partial charge in [-0.2, -0.15) is 0 Å². The third-order valence-corrected chi connectivity index (χ3v) is 7.92. The Morgan fingerprint density at radius 1 is 1.12 bits per heavy atom. The van der Waals surface area contributed by atoms with E-state index in [-0.39, 0.29) is 23.1 Å². The largest absolute Gasteiger partial charge is 0.343 e. The molecule has 0 saturated carbocycles. The number of amides is 2. The number of benzene rings is 1. The number of carbonyl (C=O) groups is 2. The molecule has 1 aromatic heterocycles. The van der Waals surface area contributed by atoms with E-state index in [0.29, 0.717) is 5.82 Å². The number of nitrogens with one attached hydrogen (secondary N) is 2. The Morgan fingerprint density at radius 2 is 1.79 bits per heavy atom. The Bertz CT molecular complexity index is 1110. The molecule has 1 aromatic carbocycles. The first kappa shape index (κ1) is 24.8. The summed E-state index contributed by atoms with van der Waals surface area (Å²) in [4.78, 5) is 32.1. The molecule has 4 atom stereocenters. The first-order chi connectivity index (χ1) is 15.6. The van der Waals surface area contributed by atoms with Gasteiger partial charge in [-0.25, -0.2) is 13.4 Å². The smallest absolute Gasteiger partial charge is 0.251 e. The van der Waals surface area contributed by atoms with Crippen molar-refractivity contribution in [3.63, 3.8) is 0 Å². The summed E-state index contributed by atoms with van der Waals surface area (Å²) in [5, 5.41) is 4.27. The van der Waals surface area contributed by atoms with E-state index in [0.717, 1.165) is 5.56 Å². The first-order valence-electron chi connectivity index (χ1n) is 10.9. The summed E-state index contributed by atoms with van der Waals surface area (Å²) in [7, 11) is -2.28. The molecule has 0 aliphatic carbocycles. The number of hydrogen-bond acceptors (Lipinski definition) is 7. The fourth-order valence-electron chi connectivity index (χ4n) is 3.86. The van der Waals surface area contributed by atoms with Crippen LogP contribution in [0.3, 0.4) is 0 Å². The maximum atomic E-state index is 13.8. The fourth-order valence-corrected chi connectivity index (χ4v) is 5.34. The molecule has 2 amide bonds. The average Bonchev–Trinajstić information content (AvgIpc) is 3.20. The van der Waals surface area contributed by atoms with Crippen molar-refractivity contribution in [1.29, 1.82) is 0 Å². The molecule has 10 heteroatoms. The van der Waals surface area contributed by atoms with Crippen molar-refractivity contribution in [3.05, 3.63) is 54.2 Å². The average molecular weight is 474 g/mol. The van der Waals surface area contributed by atoms with Crippen molar-refractivity contribution in [2.45, 2.75) is 55.6 Å². The minimum atomic E-state index is -3.93. The summed E-state index contributed by atoms with van der Waals surface area (Å²) in [5.41, 5.74) is 7.07. The molecule has 2 aromatic rings. The molecule has 3 unspecified atom stereocenters. The van der Waals surface area contributed by atoms with E-state index in [2.05, 4.69) is 15.6 Å². The van der Waals surface area contributed by atoms with E-state index in [1.165, 1.54) is 17.0 Å². The molecule has 9 nitrogen and oxygen atoms in total. The number of pyridine rings is 1. The molecule has 33 heavy (non-hydrogen) atoms. The van der Waals surface area contributed by atoms with Gasteiger partial charge in [0.05, 0.1) is 17.0 Å². The minimum Gasteiger partial charge on any atom is -0.343 e. The molecule has 178 valence electrons. The Kier molecular flexibility index (Phi) is 7.51. The quantitative estimate of drug-likeness (QED) is 0.517. The fraction of sp³-hybridized carbons (Fsp3) is 0.435. The SMILES string of the molecule is CNC(C)C(=O)N[C@H](C(=O)N1c2ncccc2CC1C(N)S(=O)(=O)c1ccccc1)C(C)C. The predicted molar refractivity (Wildman–Crippen MR) is 126 cm³/mol. The number of likely N-dealkylation sites (N-methyl/N-ethyl adjacent to an activating group) is 1. The van der Waals surface area contributed by atoms with Crippen molar-refractivity contribution in [2.24, 2.45) is 11.7 Å². The van der Waals surface area contributed by atoms with Gasteiger partial charge in [0.25, 0.3) is 5.91 Å². The van der Waals surface area contributed by atoms with Gasteiger partial charge in [-0.05, 0) is 50.1 Å². The van der Waals surface area contributed by atoms with Crippen LogP contribution in [-0.4, -0.2) is 55.8 Å². The Balaban J connectivity index is 2.00. The number of fused-ring (bicyclic) bond motifs is 1. The van der Waals surface area contributed by atoms with Crippen LogP contribution in [0.2, 0.25) is 0 Å². The van der Waals surface area contributed by atoms with Gasteiger partial charge in [0, 0.05) is 6.20 Å². The number of hydrogen-bond donors (Lipinski definition) is 3. The van der Waals surface area contributed by atoms with Gasteiger partial charge in [0.1, 0.15) is 17.2 Å². The van der Waals surface area contributed by atoms with Crippen LogP contribution in [0.1, 0.15) is 26.3 Å². The maximum Gasteiger partial charge on any atom is 0.251 e. The molecule has 0 fully saturated rings. The number of sulfone groups is 1. The summed E-state index contributed by atoms with van der Waals surface area (Å²) < 4.78 is 26.6. The van der Waals surface area contributed by atoms with E-state index in [1.807, 2.05) is 13.8 Å². The number of anilines is 1. The summed E-state index contributed by atoms with van der Waals surface area (Å²) >= 11 is 0. The van der Waals surface area contributed by atoms with Crippen LogP contribution in [0.5, 0.6) is 0 Å². The summed E-state index contributed by atoms with van der Waals surface area (Å²) in [6.45, 7) is 5.32. The zero-order valence-corrected chi connectivity index (χ0v) is 20.0. The predicted octanol–water partition coefficient (Wildman–Crippen LogP) is 0.847. The number of nitrogens with zero attached hydrogens (tertiary/aromatic N) is 2. The van der Waals surface area contributed by atoms with Crippen LogP contribution in [-0.2, 0) is 25.8 Å². The van der Waals surface area contributed by atoms with Crippen molar-refractivity contribution in [1.82, 2.24) is 15.6 Å². The zero-order chi connectivity index (χ0) is 24.3. The maximum absolute atomic E-state index is 13.8. The Hall–Kier alpha value is -2.82. The van der Waals surface area contributed by atoms with Crippen molar-refractivity contribution in [3.8, 4) is 0 Å². The van der Waals surface area contributed by atoms with Gasteiger partial charge < -0.3 is 16.4 Å². The second-order valence-electron chi connectivity index (χ2n) is 8.53. The third-order valence-electron chi connectivity index (χ3n) is 5.96. The highest BCUT2D eigenvalue weighted by molar-refractivity contribution is 7.92. The van der Waals surface area contributed by atoms with E-state index in [9.17, 15) is 18.0 Å². The Labute approximate surface area is 194 Å². The minimum absolute atomic E-state index is 0.0883. The van der Waals surface area contributed by atoms with E-state index < -0.39 is 39.2 Å². The van der Waals surface area contributed by atoms with Crippen LogP contribution >= 0.6 is 0 Å². The molecule has 0 radical (unpaired) electrons. The van der Waals surface area contributed by atoms with Crippen LogP contribution in [0, 0.1) is 5.92 Å². The highest BCUT2D eigenvalue weighted by Crippen LogP contribution is 2.34. The third kappa shape index (κ3) is 4.92. The van der Waals surface area contributed by atoms with Crippen LogP contribution in [0.15, 0.2) is 53.6 Å². The molecule has 0 bridgehead atoms. The molecular formula is C23H31N5O4S. The standard InChI is InChI=1S/C23H31N5O4S/c1-14(2)19(27-22(29)15(3)25-4)23(30)28-18(13-16-9-8-12-26-21(16)28)20(24)33(31,32)17-10-6-5-7-11-17/h5-12,14-15,18-20,25H,13,24H2,1-4H3,(H,27,29)/t15?,18?,19-,20?/m0/s1. The van der Waals surface area contributed by atoms with Gasteiger partial charge in [-0.3, -0.25) is 14.5 Å². The van der Waals surface area contributed by atoms with Gasteiger partial charge in [0.2, 0.25) is 5.91 Å². The zero-order valence-electron chi connectivity index (χ0n) is 19.2. The van der Waals surface area contributed by atoms with Gasteiger partial charge in [0.15, 0.2) is 9.84 Å². The topological polar surface area (TPSA) is 134 Å². The molecule has 2 heterocycles.